The van der Waals surface area contributed by atoms with E-state index in [0.29, 0.717) is 12.8 Å². The van der Waals surface area contributed by atoms with Crippen LogP contribution in [0, 0.1) is 5.92 Å². The highest BCUT2D eigenvalue weighted by Crippen LogP contribution is 2.17. The molecule has 0 spiro atoms. The van der Waals surface area contributed by atoms with Gasteiger partial charge in [0.15, 0.2) is 0 Å². The number of rotatable bonds is 31. The molecule has 0 saturated heterocycles. The zero-order chi connectivity index (χ0) is 27.8. The van der Waals surface area contributed by atoms with E-state index in [0.717, 1.165) is 38.5 Å². The molecule has 38 heavy (non-hydrogen) atoms. The minimum absolute atomic E-state index is 0.125. The summed E-state index contributed by atoms with van der Waals surface area (Å²) in [7, 11) is 0. The number of Topliss-reactive ketones (excluding diaryl/α,β-unsaturated/α-hetero) is 1. The van der Waals surface area contributed by atoms with Crippen LogP contribution in [0.3, 0.4) is 0 Å². The van der Waals surface area contributed by atoms with Crippen molar-refractivity contribution in [3.8, 4) is 0 Å². The lowest BCUT2D eigenvalue weighted by atomic mass is 9.94. The quantitative estimate of drug-likeness (QED) is 0.0508. The molecule has 0 amide bonds. The minimum Gasteiger partial charge on any atom is -0.299 e. The molecule has 0 aromatic carbocycles. The monoisotopic (exact) mass is 529 g/mol. The van der Waals surface area contributed by atoms with Gasteiger partial charge in [-0.15, -0.1) is 0 Å². The van der Waals surface area contributed by atoms with Gasteiger partial charge in [0.05, 0.1) is 5.92 Å². The Kier molecular flexibility index (Phi) is 31.0. The van der Waals surface area contributed by atoms with Gasteiger partial charge in [0, 0.05) is 6.42 Å². The van der Waals surface area contributed by atoms with Gasteiger partial charge in [0.25, 0.3) is 0 Å². The molecule has 1 atom stereocenters. The maximum atomic E-state index is 12.4. The molecule has 0 aliphatic rings. The van der Waals surface area contributed by atoms with Crippen molar-refractivity contribution in [2.75, 3.05) is 0 Å². The van der Waals surface area contributed by atoms with Gasteiger partial charge < -0.3 is 0 Å². The second-order valence-corrected chi connectivity index (χ2v) is 11.5. The molecule has 0 aromatic heterocycles. The summed E-state index contributed by atoms with van der Waals surface area (Å²) >= 11 is 0. The fourth-order valence-corrected chi connectivity index (χ4v) is 5.11. The van der Waals surface area contributed by atoms with Crippen molar-refractivity contribution in [2.24, 2.45) is 5.92 Å². The van der Waals surface area contributed by atoms with Crippen molar-refractivity contribution < 1.29 is 9.59 Å². The van der Waals surface area contributed by atoms with E-state index in [1.807, 2.05) is 6.29 Å². The van der Waals surface area contributed by atoms with Crippen LogP contribution in [0.1, 0.15) is 187 Å². The van der Waals surface area contributed by atoms with E-state index in [4.69, 9.17) is 0 Å². The Bertz CT molecular complexity index is 548. The standard InChI is InChI=1S/C36H65O2/c1-3-5-7-9-11-13-15-17-19-21-23-25-27-29-31-33-36(38)35(34-37)32-30-28-26-24-22-20-18-16-14-12-10-8-6-4-2/h12,14,18,20,35H,3-11,13,15-17,19,21-33H2,1-2H3/b14-12-,20-18-. The van der Waals surface area contributed by atoms with Crippen LogP contribution in [0.5, 0.6) is 0 Å². The highest BCUT2D eigenvalue weighted by Gasteiger charge is 2.17. The van der Waals surface area contributed by atoms with Crippen LogP contribution in [-0.4, -0.2) is 12.1 Å². The summed E-state index contributed by atoms with van der Waals surface area (Å²) in [4.78, 5) is 23.7. The van der Waals surface area contributed by atoms with Gasteiger partial charge in [0.1, 0.15) is 5.78 Å². The van der Waals surface area contributed by atoms with Gasteiger partial charge in [-0.25, -0.2) is 0 Å². The highest BCUT2D eigenvalue weighted by atomic mass is 16.1. The molecule has 1 unspecified atom stereocenters. The maximum Gasteiger partial charge on any atom is 0.209 e. The number of carbonyl (C=O) groups excluding carboxylic acids is 2. The van der Waals surface area contributed by atoms with E-state index in [9.17, 15) is 9.59 Å². The number of hydrogen-bond donors (Lipinski definition) is 0. The van der Waals surface area contributed by atoms with Crippen molar-refractivity contribution in [1.82, 2.24) is 0 Å². The second-order valence-electron chi connectivity index (χ2n) is 11.5. The van der Waals surface area contributed by atoms with Crippen LogP contribution in [0.15, 0.2) is 24.3 Å². The average Bonchev–Trinajstić information content (AvgIpc) is 2.93. The summed E-state index contributed by atoms with van der Waals surface area (Å²) in [6.45, 7) is 4.52. The van der Waals surface area contributed by atoms with E-state index in [1.54, 1.807) is 0 Å². The predicted octanol–water partition coefficient (Wildman–Crippen LogP) is 12.0. The smallest absolute Gasteiger partial charge is 0.209 e. The lowest BCUT2D eigenvalue weighted by Gasteiger charge is -2.08. The Morgan fingerprint density at radius 2 is 0.921 bits per heavy atom. The fraction of sp³-hybridized carbons (Fsp3) is 0.833. The van der Waals surface area contributed by atoms with Gasteiger partial charge in [0.2, 0.25) is 6.29 Å². The van der Waals surface area contributed by atoms with Crippen LogP contribution in [0.2, 0.25) is 0 Å². The summed E-state index contributed by atoms with van der Waals surface area (Å²) in [5.41, 5.74) is 0. The van der Waals surface area contributed by atoms with Crippen molar-refractivity contribution >= 4 is 12.1 Å². The summed E-state index contributed by atoms with van der Waals surface area (Å²) < 4.78 is 0. The molecular weight excluding hydrogens is 464 g/mol. The molecule has 0 bridgehead atoms. The first-order valence-electron chi connectivity index (χ1n) is 17.0. The third kappa shape index (κ3) is 27.8. The van der Waals surface area contributed by atoms with Crippen LogP contribution in [0.4, 0.5) is 0 Å². The molecule has 0 aliphatic heterocycles. The molecule has 0 aliphatic carbocycles. The zero-order valence-electron chi connectivity index (χ0n) is 25.8. The molecule has 0 heterocycles. The van der Waals surface area contributed by atoms with Crippen LogP contribution < -0.4 is 0 Å². The number of ketones is 1. The van der Waals surface area contributed by atoms with E-state index >= 15 is 0 Å². The Morgan fingerprint density at radius 3 is 1.42 bits per heavy atom. The Labute approximate surface area is 238 Å². The maximum absolute atomic E-state index is 12.4. The molecule has 0 saturated carbocycles. The van der Waals surface area contributed by atoms with Crippen LogP contribution in [0.25, 0.3) is 0 Å². The van der Waals surface area contributed by atoms with Gasteiger partial charge in [-0.3, -0.25) is 9.59 Å². The zero-order valence-corrected chi connectivity index (χ0v) is 25.8. The van der Waals surface area contributed by atoms with Crippen LogP contribution in [-0.2, 0) is 9.59 Å². The molecule has 2 nitrogen and oxygen atoms in total. The second kappa shape index (κ2) is 32.0. The van der Waals surface area contributed by atoms with E-state index in [-0.39, 0.29) is 5.78 Å². The lowest BCUT2D eigenvalue weighted by Crippen LogP contribution is -2.15. The first-order valence-corrected chi connectivity index (χ1v) is 17.0. The average molecular weight is 530 g/mol. The molecule has 0 N–H and O–H groups in total. The van der Waals surface area contributed by atoms with E-state index < -0.39 is 5.92 Å². The highest BCUT2D eigenvalue weighted by molar-refractivity contribution is 5.93. The Balaban J connectivity index is 3.50. The van der Waals surface area contributed by atoms with Gasteiger partial charge >= 0.3 is 0 Å². The Hall–Kier alpha value is -1.18. The number of allylic oxidation sites excluding steroid dienone is 4. The number of hydrogen-bond acceptors (Lipinski definition) is 2. The predicted molar refractivity (Wildman–Crippen MR) is 168 cm³/mol. The number of carbonyl (C=O) groups is 1. The lowest BCUT2D eigenvalue weighted by molar-refractivity contribution is -0.121. The summed E-state index contributed by atoms with van der Waals surface area (Å²) in [6.07, 6.45) is 44.1. The van der Waals surface area contributed by atoms with Crippen LogP contribution >= 0.6 is 0 Å². The van der Waals surface area contributed by atoms with Gasteiger partial charge in [-0.2, -0.15) is 0 Å². The normalized spacial score (nSPS) is 12.6. The summed E-state index contributed by atoms with van der Waals surface area (Å²) in [5, 5.41) is 0. The van der Waals surface area contributed by atoms with E-state index in [2.05, 4.69) is 38.2 Å². The molecule has 0 rings (SSSR count). The number of unbranched alkanes of at least 4 members (excludes halogenated alkanes) is 21. The molecule has 1 radical (unpaired) electrons. The first-order chi connectivity index (χ1) is 18.8. The molecule has 0 fully saturated rings. The van der Waals surface area contributed by atoms with Gasteiger partial charge in [-0.1, -0.05) is 160 Å². The first kappa shape index (κ1) is 36.8. The molecular formula is C36H65O2. The molecule has 2 heteroatoms. The van der Waals surface area contributed by atoms with Crippen molar-refractivity contribution in [3.05, 3.63) is 24.3 Å². The summed E-state index contributed by atoms with van der Waals surface area (Å²) in [5.74, 6) is -0.356. The largest absolute Gasteiger partial charge is 0.299 e. The SMILES string of the molecule is CCCCC/C=C\C/C=C\CCCCCCC([C]=O)C(=O)CCCCCCCCCCCCCCCCC. The third-order valence-corrected chi connectivity index (χ3v) is 7.75. The summed E-state index contributed by atoms with van der Waals surface area (Å²) in [6, 6.07) is 0. The Morgan fingerprint density at radius 1 is 0.526 bits per heavy atom. The van der Waals surface area contributed by atoms with Crippen molar-refractivity contribution in [3.63, 3.8) is 0 Å². The van der Waals surface area contributed by atoms with Crippen molar-refractivity contribution in [1.29, 1.82) is 0 Å². The minimum atomic E-state index is -0.481. The molecule has 0 aromatic rings. The fourth-order valence-electron chi connectivity index (χ4n) is 5.11. The van der Waals surface area contributed by atoms with Crippen molar-refractivity contribution in [2.45, 2.75) is 187 Å². The van der Waals surface area contributed by atoms with Gasteiger partial charge in [-0.05, 0) is 44.9 Å². The third-order valence-electron chi connectivity index (χ3n) is 7.75. The topological polar surface area (TPSA) is 34.1 Å². The molecule has 221 valence electrons. The van der Waals surface area contributed by atoms with E-state index in [1.165, 1.54) is 122 Å².